The van der Waals surface area contributed by atoms with Crippen LogP contribution in [0.15, 0.2) is 194 Å². The predicted molar refractivity (Wildman–Crippen MR) is 203 cm³/mol. The van der Waals surface area contributed by atoms with Crippen LogP contribution in [0.2, 0.25) is 0 Å². The molecule has 0 N–H and O–H groups in total. The average molecular weight is 624 g/mol. The molecule has 48 heavy (non-hydrogen) atoms. The fraction of sp³-hybridized carbons (Fsp3) is 0.140. The van der Waals surface area contributed by atoms with Gasteiger partial charge in [0.1, 0.15) is 28.6 Å². The third kappa shape index (κ3) is 7.59. The van der Waals surface area contributed by atoms with Crippen molar-refractivity contribution >= 4 is 46.0 Å². The van der Waals surface area contributed by atoms with Crippen LogP contribution in [0.5, 0.6) is 0 Å². The fourth-order valence-corrected chi connectivity index (χ4v) is 5.86. The highest BCUT2D eigenvalue weighted by atomic mass is 15.0. The van der Waals surface area contributed by atoms with Crippen LogP contribution in [0.25, 0.3) is 6.08 Å². The Morgan fingerprint density at radius 2 is 1.04 bits per heavy atom. The molecule has 3 aromatic carbocycles. The molecule has 1 saturated carbocycles. The molecular formula is C43H37N5. The third-order valence-corrected chi connectivity index (χ3v) is 8.26. The van der Waals surface area contributed by atoms with Gasteiger partial charge in [-0.3, -0.25) is 4.99 Å². The van der Waals surface area contributed by atoms with Gasteiger partial charge >= 0.3 is 0 Å². The number of rotatable bonds is 6. The maximum atomic E-state index is 5.46. The highest BCUT2D eigenvalue weighted by Crippen LogP contribution is 2.29. The standard InChI is InChI=1S/C43H37N5/c1-7-19-32(20-8-1)31-38-39(44-33-21-9-2-10-22-33)41(46-35-25-13-4-14-26-35)43(48-37-29-17-6-18-30-37)42(47-36-27-15-5-16-28-36)40(38)45-34-23-11-3-12-24-34/h1-15,17,19-25,27,29,31,35H,16,18,26,28,30H2/b38-31?,44-39-,45-40+,46-41-,47-42+,48-43?. The zero-order chi connectivity index (χ0) is 32.4. The molecule has 0 heterocycles. The Morgan fingerprint density at radius 1 is 0.500 bits per heavy atom. The summed E-state index contributed by atoms with van der Waals surface area (Å²) < 4.78 is 0. The molecule has 0 amide bonds. The summed E-state index contributed by atoms with van der Waals surface area (Å²) in [5, 5.41) is 0. The van der Waals surface area contributed by atoms with E-state index in [9.17, 15) is 0 Å². The van der Waals surface area contributed by atoms with Crippen LogP contribution >= 0.6 is 0 Å². The van der Waals surface area contributed by atoms with Crippen LogP contribution in [0.4, 0.5) is 11.4 Å². The van der Waals surface area contributed by atoms with E-state index in [4.69, 9.17) is 25.0 Å². The SMILES string of the molecule is C1=CCCC(N=C2C(=N\C3C=CC=CC3)/C(=N\c3ccccc3)C(=Cc3ccccc3)C(=N\c3ccccc3)/C2=N\C2=CC=CCC2)=C1. The summed E-state index contributed by atoms with van der Waals surface area (Å²) in [6.07, 6.45) is 27.7. The minimum atomic E-state index is -0.0694. The van der Waals surface area contributed by atoms with E-state index in [1.807, 2.05) is 66.7 Å². The summed E-state index contributed by atoms with van der Waals surface area (Å²) in [6, 6.07) is 30.4. The lowest BCUT2D eigenvalue weighted by Crippen LogP contribution is -2.45. The van der Waals surface area contributed by atoms with Gasteiger partial charge in [0, 0.05) is 17.0 Å². The van der Waals surface area contributed by atoms with Gasteiger partial charge in [-0.25, -0.2) is 20.0 Å². The van der Waals surface area contributed by atoms with Crippen molar-refractivity contribution in [3.8, 4) is 0 Å². The monoisotopic (exact) mass is 623 g/mol. The molecule has 234 valence electrons. The summed E-state index contributed by atoms with van der Waals surface area (Å²) in [7, 11) is 0. The van der Waals surface area contributed by atoms with Crippen molar-refractivity contribution in [2.24, 2.45) is 25.0 Å². The van der Waals surface area contributed by atoms with Crippen LogP contribution < -0.4 is 0 Å². The molecule has 7 rings (SSSR count). The van der Waals surface area contributed by atoms with Crippen molar-refractivity contribution in [1.29, 1.82) is 0 Å². The van der Waals surface area contributed by atoms with Gasteiger partial charge in [0.2, 0.25) is 0 Å². The Kier molecular flexibility index (Phi) is 9.75. The highest BCUT2D eigenvalue weighted by Gasteiger charge is 2.37. The molecule has 0 radical (unpaired) electrons. The molecule has 3 aromatic rings. The number of aliphatic imine (C=N–C) groups is 5. The molecule has 0 aromatic heterocycles. The smallest absolute Gasteiger partial charge is 0.119 e. The third-order valence-electron chi connectivity index (χ3n) is 8.26. The second kappa shape index (κ2) is 15.2. The molecule has 0 saturated heterocycles. The molecule has 4 aliphatic rings. The number of nitrogens with zero attached hydrogens (tertiary/aromatic N) is 5. The molecule has 1 unspecified atom stereocenters. The van der Waals surface area contributed by atoms with Crippen molar-refractivity contribution in [2.45, 2.75) is 38.1 Å². The predicted octanol–water partition coefficient (Wildman–Crippen LogP) is 10.3. The van der Waals surface area contributed by atoms with Crippen molar-refractivity contribution in [1.82, 2.24) is 0 Å². The number of allylic oxidation sites excluding steroid dienone is 11. The van der Waals surface area contributed by atoms with E-state index in [0.29, 0.717) is 11.4 Å². The van der Waals surface area contributed by atoms with Gasteiger partial charge in [0.15, 0.2) is 0 Å². The van der Waals surface area contributed by atoms with Gasteiger partial charge in [-0.1, -0.05) is 115 Å². The zero-order valence-corrected chi connectivity index (χ0v) is 26.9. The minimum Gasteiger partial charge on any atom is -0.273 e. The molecule has 1 atom stereocenters. The van der Waals surface area contributed by atoms with Crippen LogP contribution in [0, 0.1) is 0 Å². The van der Waals surface area contributed by atoms with Gasteiger partial charge < -0.3 is 0 Å². The molecule has 0 aliphatic heterocycles. The van der Waals surface area contributed by atoms with E-state index in [1.54, 1.807) is 0 Å². The molecular weight excluding hydrogens is 587 g/mol. The van der Waals surface area contributed by atoms with Gasteiger partial charge in [0.05, 0.1) is 17.4 Å². The maximum absolute atomic E-state index is 5.46. The second-order valence-corrected chi connectivity index (χ2v) is 11.8. The molecule has 5 heteroatoms. The van der Waals surface area contributed by atoms with Crippen LogP contribution in [-0.4, -0.2) is 34.6 Å². The maximum Gasteiger partial charge on any atom is 0.119 e. The molecule has 1 fully saturated rings. The van der Waals surface area contributed by atoms with Crippen LogP contribution in [0.3, 0.4) is 0 Å². The first kappa shape index (κ1) is 30.8. The Morgan fingerprint density at radius 3 is 1.56 bits per heavy atom. The normalized spacial score (nSPS) is 24.2. The lowest BCUT2D eigenvalue weighted by Gasteiger charge is -2.27. The summed E-state index contributed by atoms with van der Waals surface area (Å²) in [5.41, 5.74) is 9.09. The van der Waals surface area contributed by atoms with E-state index >= 15 is 0 Å². The van der Waals surface area contributed by atoms with Gasteiger partial charge in [-0.2, -0.15) is 0 Å². The Hall–Kier alpha value is -5.81. The van der Waals surface area contributed by atoms with E-state index in [-0.39, 0.29) is 6.04 Å². The van der Waals surface area contributed by atoms with E-state index in [0.717, 1.165) is 83.1 Å². The van der Waals surface area contributed by atoms with Crippen molar-refractivity contribution in [3.63, 3.8) is 0 Å². The van der Waals surface area contributed by atoms with Crippen molar-refractivity contribution < 1.29 is 0 Å². The first-order valence-corrected chi connectivity index (χ1v) is 16.7. The zero-order valence-electron chi connectivity index (χ0n) is 26.9. The summed E-state index contributed by atoms with van der Waals surface area (Å²) in [6.45, 7) is 0. The Balaban J connectivity index is 1.58. The van der Waals surface area contributed by atoms with Crippen LogP contribution in [0.1, 0.15) is 37.7 Å². The Bertz CT molecular complexity index is 2010. The second-order valence-electron chi connectivity index (χ2n) is 11.8. The van der Waals surface area contributed by atoms with Gasteiger partial charge in [-0.05, 0) is 80.2 Å². The summed E-state index contributed by atoms with van der Waals surface area (Å²) >= 11 is 0. The fourth-order valence-electron chi connectivity index (χ4n) is 5.86. The first-order valence-electron chi connectivity index (χ1n) is 16.7. The molecule has 0 bridgehead atoms. The molecule has 4 aliphatic carbocycles. The topological polar surface area (TPSA) is 61.8 Å². The number of hydrogen-bond donors (Lipinski definition) is 0. The summed E-state index contributed by atoms with van der Waals surface area (Å²) in [5.74, 6) is 0. The minimum absolute atomic E-state index is 0.0694. The lowest BCUT2D eigenvalue weighted by molar-refractivity contribution is 0.831. The molecule has 5 nitrogen and oxygen atoms in total. The lowest BCUT2D eigenvalue weighted by atomic mass is 9.83. The number of para-hydroxylation sites is 2. The Labute approximate surface area is 282 Å². The quantitative estimate of drug-likeness (QED) is 0.262. The number of benzene rings is 3. The van der Waals surface area contributed by atoms with E-state index in [1.165, 1.54) is 0 Å². The van der Waals surface area contributed by atoms with E-state index in [2.05, 4.69) is 91.1 Å². The first-order chi connectivity index (χ1) is 23.8. The van der Waals surface area contributed by atoms with Gasteiger partial charge in [0.25, 0.3) is 0 Å². The van der Waals surface area contributed by atoms with E-state index < -0.39 is 0 Å². The van der Waals surface area contributed by atoms with Crippen molar-refractivity contribution in [2.75, 3.05) is 0 Å². The van der Waals surface area contributed by atoms with Gasteiger partial charge in [-0.15, -0.1) is 0 Å². The largest absolute Gasteiger partial charge is 0.273 e. The van der Waals surface area contributed by atoms with Crippen molar-refractivity contribution in [3.05, 3.63) is 174 Å². The summed E-state index contributed by atoms with van der Waals surface area (Å²) in [4.78, 5) is 27.0. The number of hydrogen-bond acceptors (Lipinski definition) is 5. The molecule has 0 spiro atoms. The highest BCUT2D eigenvalue weighted by molar-refractivity contribution is 7.00. The van der Waals surface area contributed by atoms with Crippen LogP contribution in [-0.2, 0) is 0 Å². The average Bonchev–Trinajstić information content (AvgIpc) is 3.15.